The van der Waals surface area contributed by atoms with Crippen molar-refractivity contribution < 1.29 is 28.7 Å². The second-order valence-corrected chi connectivity index (χ2v) is 8.23. The number of anilines is 1. The van der Waals surface area contributed by atoms with Crippen molar-refractivity contribution in [2.75, 3.05) is 25.6 Å². The molecule has 0 spiro atoms. The third-order valence-corrected chi connectivity index (χ3v) is 5.96. The van der Waals surface area contributed by atoms with Gasteiger partial charge < -0.3 is 19.5 Å². The zero-order chi connectivity index (χ0) is 25.4. The normalized spacial score (nSPS) is 10.5. The van der Waals surface area contributed by atoms with Crippen molar-refractivity contribution in [3.05, 3.63) is 69.1 Å². The van der Waals surface area contributed by atoms with E-state index < -0.39 is 10.9 Å². The van der Waals surface area contributed by atoms with Gasteiger partial charge in [-0.2, -0.15) is 0 Å². The van der Waals surface area contributed by atoms with E-state index in [4.69, 9.17) is 14.2 Å². The Morgan fingerprint density at radius 1 is 1.09 bits per heavy atom. The average molecular weight is 499 g/mol. The molecule has 0 aliphatic heterocycles. The molecule has 0 saturated heterocycles. The summed E-state index contributed by atoms with van der Waals surface area (Å²) in [5.74, 6) is 0.335. The molecule has 3 aromatic rings. The van der Waals surface area contributed by atoms with Crippen LogP contribution in [0.4, 0.5) is 10.7 Å². The van der Waals surface area contributed by atoms with Crippen LogP contribution in [-0.4, -0.2) is 37.1 Å². The number of hydrogen-bond donors (Lipinski definition) is 1. The molecule has 1 heterocycles. The van der Waals surface area contributed by atoms with Crippen LogP contribution in [0.3, 0.4) is 0 Å². The third-order valence-electron chi connectivity index (χ3n) is 5.06. The summed E-state index contributed by atoms with van der Waals surface area (Å²) in [6.07, 6.45) is 0.621. The number of nitrogens with one attached hydrogen (secondary N) is 1. The van der Waals surface area contributed by atoms with Gasteiger partial charge in [0.05, 0.1) is 25.2 Å². The Morgan fingerprint density at radius 2 is 1.89 bits per heavy atom. The number of ether oxygens (including phenoxy) is 3. The first kappa shape index (κ1) is 25.7. The number of benzene rings is 2. The van der Waals surface area contributed by atoms with Gasteiger partial charge in [-0.15, -0.1) is 11.3 Å². The number of rotatable bonds is 11. The van der Waals surface area contributed by atoms with Crippen LogP contribution in [0.5, 0.6) is 11.5 Å². The molecule has 3 rings (SSSR count). The smallest absolute Gasteiger partial charge is 0.341 e. The zero-order valence-electron chi connectivity index (χ0n) is 19.7. The Bertz CT molecular complexity index is 1220. The van der Waals surface area contributed by atoms with Crippen molar-refractivity contribution in [3.63, 3.8) is 0 Å². The van der Waals surface area contributed by atoms with Crippen LogP contribution in [0, 0.1) is 10.1 Å². The largest absolute Gasteiger partial charge is 0.493 e. The highest BCUT2D eigenvalue weighted by Crippen LogP contribution is 2.37. The summed E-state index contributed by atoms with van der Waals surface area (Å²) in [5, 5.41) is 16.0. The molecule has 184 valence electrons. The van der Waals surface area contributed by atoms with Gasteiger partial charge in [0.2, 0.25) is 5.91 Å². The maximum Gasteiger partial charge on any atom is 0.341 e. The van der Waals surface area contributed by atoms with Crippen LogP contribution in [0.25, 0.3) is 11.1 Å². The number of nitro benzene ring substituents is 1. The lowest BCUT2D eigenvalue weighted by Crippen LogP contribution is -2.15. The summed E-state index contributed by atoms with van der Waals surface area (Å²) < 4.78 is 16.1. The monoisotopic (exact) mass is 498 g/mol. The molecule has 0 bridgehead atoms. The van der Waals surface area contributed by atoms with Crippen molar-refractivity contribution in [2.24, 2.45) is 0 Å². The molecule has 0 saturated carbocycles. The minimum absolute atomic E-state index is 0.0973. The predicted octanol–water partition coefficient (Wildman–Crippen LogP) is 5.48. The number of thiophene rings is 1. The number of nitrogens with zero attached hydrogens (tertiary/aromatic N) is 1. The number of nitro groups is 1. The Balaban J connectivity index is 1.79. The number of carbonyl (C=O) groups is 2. The molecule has 0 radical (unpaired) electrons. The van der Waals surface area contributed by atoms with Gasteiger partial charge in [-0.25, -0.2) is 4.79 Å². The summed E-state index contributed by atoms with van der Waals surface area (Å²) in [6, 6.07) is 11.5. The summed E-state index contributed by atoms with van der Waals surface area (Å²) in [6.45, 7) is 4.23. The molecule has 0 aliphatic carbocycles. The highest BCUT2D eigenvalue weighted by molar-refractivity contribution is 7.15. The van der Waals surface area contributed by atoms with Crippen LogP contribution in [0.2, 0.25) is 0 Å². The van der Waals surface area contributed by atoms with Crippen LogP contribution >= 0.6 is 11.3 Å². The summed E-state index contributed by atoms with van der Waals surface area (Å²) in [7, 11) is 1.56. The molecule has 35 heavy (non-hydrogen) atoms. The predicted molar refractivity (Wildman–Crippen MR) is 133 cm³/mol. The van der Waals surface area contributed by atoms with Crippen molar-refractivity contribution in [1.82, 2.24) is 0 Å². The highest BCUT2D eigenvalue weighted by atomic mass is 32.1. The molecule has 0 unspecified atom stereocenters. The maximum atomic E-state index is 12.7. The van der Waals surface area contributed by atoms with Crippen LogP contribution in [0.1, 0.15) is 36.2 Å². The SMILES string of the molecule is CCOC(=O)c1c(-c2cccc([N+](=O)[O-])c2)csc1NC(=O)CCc1ccc(OCC)c(OC)c1. The summed E-state index contributed by atoms with van der Waals surface area (Å²) >= 11 is 1.16. The first-order chi connectivity index (χ1) is 16.9. The number of amides is 1. The van der Waals surface area contributed by atoms with Gasteiger partial charge in [-0.3, -0.25) is 14.9 Å². The van der Waals surface area contributed by atoms with E-state index in [-0.39, 0.29) is 30.2 Å². The number of methoxy groups -OCH3 is 1. The van der Waals surface area contributed by atoms with Gasteiger partial charge in [0, 0.05) is 29.5 Å². The second-order valence-electron chi connectivity index (χ2n) is 7.35. The Kier molecular flexibility index (Phi) is 8.80. The highest BCUT2D eigenvalue weighted by Gasteiger charge is 2.23. The van der Waals surface area contributed by atoms with Gasteiger partial charge in [0.25, 0.3) is 5.69 Å². The quantitative estimate of drug-likeness (QED) is 0.211. The number of aryl methyl sites for hydroxylation is 1. The van der Waals surface area contributed by atoms with E-state index in [1.807, 2.05) is 19.1 Å². The van der Waals surface area contributed by atoms with Crippen molar-refractivity contribution in [3.8, 4) is 22.6 Å². The zero-order valence-corrected chi connectivity index (χ0v) is 20.5. The Morgan fingerprint density at radius 3 is 2.57 bits per heavy atom. The lowest BCUT2D eigenvalue weighted by atomic mass is 10.0. The molecule has 9 nitrogen and oxygen atoms in total. The van der Waals surface area contributed by atoms with E-state index in [9.17, 15) is 19.7 Å². The minimum atomic E-state index is -0.609. The van der Waals surface area contributed by atoms with Gasteiger partial charge in [0.15, 0.2) is 11.5 Å². The van der Waals surface area contributed by atoms with E-state index in [1.165, 1.54) is 12.1 Å². The molecule has 1 amide bonds. The van der Waals surface area contributed by atoms with E-state index in [0.717, 1.165) is 16.9 Å². The molecule has 2 aromatic carbocycles. The molecule has 0 aliphatic rings. The Labute approximate surface area is 206 Å². The lowest BCUT2D eigenvalue weighted by Gasteiger charge is -2.11. The van der Waals surface area contributed by atoms with Gasteiger partial charge >= 0.3 is 5.97 Å². The summed E-state index contributed by atoms with van der Waals surface area (Å²) in [4.78, 5) is 36.1. The standard InChI is InChI=1S/C25H26N2O7S/c1-4-33-20-11-9-16(13-21(20)32-3)10-12-22(28)26-24-23(25(29)34-5-2)19(15-35-24)17-7-6-8-18(14-17)27(30)31/h6-9,11,13-15H,4-5,10,12H2,1-3H3,(H,26,28). The van der Waals surface area contributed by atoms with Crippen molar-refractivity contribution in [2.45, 2.75) is 26.7 Å². The number of hydrogen-bond acceptors (Lipinski definition) is 8. The van der Waals surface area contributed by atoms with Crippen LogP contribution < -0.4 is 14.8 Å². The molecule has 10 heteroatoms. The Hall–Kier alpha value is -3.92. The average Bonchev–Trinajstić information content (AvgIpc) is 3.27. The number of non-ortho nitro benzene ring substituents is 1. The fraction of sp³-hybridized carbons (Fsp3) is 0.280. The van der Waals surface area contributed by atoms with Crippen LogP contribution in [-0.2, 0) is 16.0 Å². The van der Waals surface area contributed by atoms with Gasteiger partial charge in [-0.05, 0) is 43.5 Å². The van der Waals surface area contributed by atoms with E-state index >= 15 is 0 Å². The minimum Gasteiger partial charge on any atom is -0.493 e. The van der Waals surface area contributed by atoms with Crippen molar-refractivity contribution in [1.29, 1.82) is 0 Å². The molecule has 1 aromatic heterocycles. The van der Waals surface area contributed by atoms with E-state index in [0.29, 0.717) is 40.7 Å². The fourth-order valence-corrected chi connectivity index (χ4v) is 4.42. The lowest BCUT2D eigenvalue weighted by molar-refractivity contribution is -0.384. The third kappa shape index (κ3) is 6.36. The molecular formula is C25H26N2O7S. The topological polar surface area (TPSA) is 117 Å². The second kappa shape index (κ2) is 12.0. The van der Waals surface area contributed by atoms with E-state index in [1.54, 1.807) is 37.6 Å². The van der Waals surface area contributed by atoms with Gasteiger partial charge in [-0.1, -0.05) is 18.2 Å². The van der Waals surface area contributed by atoms with Gasteiger partial charge in [0.1, 0.15) is 10.6 Å². The molecule has 0 atom stereocenters. The molecular weight excluding hydrogens is 472 g/mol. The number of carbonyl (C=O) groups excluding carboxylic acids is 2. The first-order valence-corrected chi connectivity index (χ1v) is 11.9. The molecule has 1 N–H and O–H groups in total. The van der Waals surface area contributed by atoms with Crippen LogP contribution in [0.15, 0.2) is 47.8 Å². The van der Waals surface area contributed by atoms with Crippen molar-refractivity contribution >= 4 is 33.9 Å². The summed E-state index contributed by atoms with van der Waals surface area (Å²) in [5.41, 5.74) is 1.92. The fourth-order valence-electron chi connectivity index (χ4n) is 3.44. The van der Waals surface area contributed by atoms with E-state index in [2.05, 4.69) is 5.32 Å². The maximum absolute atomic E-state index is 12.7. The molecule has 0 fully saturated rings. The number of esters is 1. The first-order valence-electron chi connectivity index (χ1n) is 11.0.